The van der Waals surface area contributed by atoms with E-state index in [1.807, 2.05) is 50.2 Å². The first-order chi connectivity index (χ1) is 39.3. The maximum Gasteiger partial charge on any atom is 0.419 e. The van der Waals surface area contributed by atoms with Crippen LogP contribution in [0.25, 0.3) is 56.3 Å². The highest BCUT2D eigenvalue weighted by Gasteiger charge is 2.58. The van der Waals surface area contributed by atoms with Gasteiger partial charge in [-0.15, -0.1) is 0 Å². The number of amides is 1. The van der Waals surface area contributed by atoms with Crippen LogP contribution in [0.5, 0.6) is 0 Å². The number of carbonyl (C=O) groups is 4. The lowest BCUT2D eigenvalue weighted by molar-refractivity contribution is -0.253. The van der Waals surface area contributed by atoms with Crippen LogP contribution in [0.15, 0.2) is 143 Å². The van der Waals surface area contributed by atoms with E-state index in [1.165, 1.54) is 6.08 Å². The van der Waals surface area contributed by atoms with E-state index in [0.29, 0.717) is 36.7 Å². The molecule has 2 atom stereocenters. The summed E-state index contributed by atoms with van der Waals surface area (Å²) < 4.78 is 87.0. The Kier molecular flexibility index (Phi) is 19.5. The number of nitrogens with one attached hydrogen (secondary N) is 1. The van der Waals surface area contributed by atoms with Gasteiger partial charge < -0.3 is 45.8 Å². The van der Waals surface area contributed by atoms with Crippen LogP contribution in [-0.4, -0.2) is 103 Å². The van der Waals surface area contributed by atoms with Crippen molar-refractivity contribution in [3.8, 4) is 22.3 Å². The van der Waals surface area contributed by atoms with Gasteiger partial charge in [0.1, 0.15) is 34.3 Å². The van der Waals surface area contributed by atoms with E-state index in [9.17, 15) is 50.6 Å². The summed E-state index contributed by atoms with van der Waals surface area (Å²) in [5, 5.41) is 32.1. The Labute approximate surface area is 479 Å². The molecule has 8 aromatic rings. The molecule has 0 spiro atoms. The predicted octanol–water partition coefficient (Wildman–Crippen LogP) is 11.9. The van der Waals surface area contributed by atoms with Crippen LogP contribution in [0.3, 0.4) is 0 Å². The number of ketones is 2. The minimum absolute atomic E-state index is 0. The van der Waals surface area contributed by atoms with E-state index in [4.69, 9.17) is 30.5 Å². The first-order valence-electron chi connectivity index (χ1n) is 26.2. The Morgan fingerprint density at radius 2 is 1.08 bits per heavy atom. The van der Waals surface area contributed by atoms with Crippen LogP contribution in [-0.2, 0) is 22.4 Å². The Bertz CT molecular complexity index is 3700. The number of aliphatic hydroxyl groups is 2. The van der Waals surface area contributed by atoms with Crippen LogP contribution < -0.4 is 16.8 Å². The number of aromatic nitrogens is 2. The summed E-state index contributed by atoms with van der Waals surface area (Å²) in [7, 11) is 0. The number of nitrogen functional groups attached to an aromatic ring is 2. The SMILES string of the molecule is C.Cc1cc(-c2ccc(C(=O)N3CCC(O)(C(F)(F)F)C3)cc2)cc2cc(CCC(=O)/C=C/c3ccc(N)nc3)oc12.Cc1cc(-c2ccc(C(=O)O)cc2)cc2cc(CCC(=O)/C=C/c3ccc(N)nc3)oc12.OC1(C(F)(F)F)CCNC1. The van der Waals surface area contributed by atoms with Gasteiger partial charge >= 0.3 is 18.3 Å². The highest BCUT2D eigenvalue weighted by atomic mass is 19.4. The molecule has 0 saturated carbocycles. The Balaban J connectivity index is 0.000000209. The number of hydrogen-bond acceptors (Lipinski definition) is 13. The number of carboxylic acid groups (broad SMARTS) is 1. The Morgan fingerprint density at radius 3 is 1.45 bits per heavy atom. The lowest BCUT2D eigenvalue weighted by atomic mass is 9.99. The quantitative estimate of drug-likeness (QED) is 0.0438. The number of fused-ring (bicyclic) bond motifs is 2. The van der Waals surface area contributed by atoms with Gasteiger partial charge in [-0.1, -0.05) is 31.7 Å². The average Bonchev–Trinajstić information content (AvgIpc) is 3.14. The van der Waals surface area contributed by atoms with E-state index >= 15 is 0 Å². The number of benzene rings is 4. The molecule has 4 aromatic carbocycles. The van der Waals surface area contributed by atoms with E-state index in [-0.39, 0.29) is 62.6 Å². The molecule has 2 aliphatic heterocycles. The summed E-state index contributed by atoms with van der Waals surface area (Å²) in [4.78, 5) is 57.5. The number of carbonyl (C=O) groups excluding carboxylic acids is 3. The monoisotopic (exact) mass is 1160 g/mol. The maximum atomic E-state index is 13.1. The molecule has 8 N–H and O–H groups in total. The van der Waals surface area contributed by atoms with Gasteiger partial charge in [0.25, 0.3) is 5.91 Å². The van der Waals surface area contributed by atoms with E-state index in [1.54, 1.807) is 103 Å². The highest BCUT2D eigenvalue weighted by molar-refractivity contribution is 5.96. The van der Waals surface area contributed by atoms with Gasteiger partial charge in [0.2, 0.25) is 0 Å². The second kappa shape index (κ2) is 26.1. The number of halogens is 6. The molecule has 84 heavy (non-hydrogen) atoms. The fourth-order valence-electron chi connectivity index (χ4n) is 9.32. The van der Waals surface area contributed by atoms with Gasteiger partial charge in [0.05, 0.1) is 12.1 Å². The topological polar surface area (TPSA) is 248 Å². The van der Waals surface area contributed by atoms with E-state index in [0.717, 1.165) is 77.1 Å². The summed E-state index contributed by atoms with van der Waals surface area (Å²) in [5.41, 5.74) is 14.9. The average molecular weight is 1160 g/mol. The van der Waals surface area contributed by atoms with Crippen molar-refractivity contribution in [1.29, 1.82) is 0 Å². The first-order valence-corrected chi connectivity index (χ1v) is 26.2. The summed E-state index contributed by atoms with van der Waals surface area (Å²) >= 11 is 0. The number of allylic oxidation sites excluding steroid dienone is 2. The third-order valence-corrected chi connectivity index (χ3v) is 14.1. The molecule has 2 fully saturated rings. The molecule has 21 heteroatoms. The Hall–Kier alpha value is -8.92. The molecule has 6 heterocycles. The molecule has 10 rings (SSSR count). The lowest BCUT2D eigenvalue weighted by Gasteiger charge is -2.25. The van der Waals surface area contributed by atoms with Crippen molar-refractivity contribution in [2.45, 2.75) is 83.4 Å². The lowest BCUT2D eigenvalue weighted by Crippen LogP contribution is -2.48. The second-order valence-corrected chi connectivity index (χ2v) is 20.4. The van der Waals surface area contributed by atoms with Crippen LogP contribution in [0, 0.1) is 13.8 Å². The van der Waals surface area contributed by atoms with Gasteiger partial charge in [0, 0.05) is 73.9 Å². The number of aromatic carboxylic acids is 1. The number of nitrogens with zero attached hydrogens (tertiary/aromatic N) is 3. The molecular weight excluding hydrogens is 1100 g/mol. The number of β-amino-alcohol motifs (C(OH)–C–C–N with tert-alkyl or cyclic N) is 2. The molecule has 4 aromatic heterocycles. The van der Waals surface area contributed by atoms with Gasteiger partial charge in [-0.2, -0.15) is 26.3 Å². The number of hydrogen-bond donors (Lipinski definition) is 6. The largest absolute Gasteiger partial charge is 0.478 e. The van der Waals surface area contributed by atoms with Crippen LogP contribution in [0.4, 0.5) is 38.0 Å². The van der Waals surface area contributed by atoms with Crippen molar-refractivity contribution >= 4 is 69.2 Å². The molecule has 2 aliphatic rings. The normalized spacial score (nSPS) is 17.0. The van der Waals surface area contributed by atoms with E-state index in [2.05, 4.69) is 15.3 Å². The molecule has 440 valence electrons. The molecule has 0 radical (unpaired) electrons. The smallest absolute Gasteiger partial charge is 0.419 e. The number of pyridine rings is 2. The van der Waals surface area contributed by atoms with E-state index < -0.39 is 48.4 Å². The van der Waals surface area contributed by atoms with Gasteiger partial charge in [-0.05, 0) is 181 Å². The standard InChI is InChI=1S/C31H28F3N3O4.C26H22N2O4.C5H8F3NO.CH4/c1-19-14-23(21-4-6-22(7-5-21)29(39)37-13-12-30(40,18-37)31(32,33)34)15-24-16-26(41-28(19)24)10-9-25(38)8-2-20-3-11-27(35)36-17-20;1-16-12-20(18-4-6-19(7-5-18)26(30)31)13-21-14-23(32-25(16)21)10-9-22(29)8-2-17-3-11-24(27)28-15-17;6-5(7,8)4(10)1-2-9-3-4;/h2-8,11,14-17,40H,9-10,12-13,18H2,1H3,(H2,35,36);2-8,11-15H,9-10H2,1H3,(H2,27,28)(H,30,31);9-10H,1-3H2;1H4/b2*8-2+;;. The number of carboxylic acids is 1. The summed E-state index contributed by atoms with van der Waals surface area (Å²) in [6.07, 6.45) is 1.15. The molecule has 15 nitrogen and oxygen atoms in total. The second-order valence-electron chi connectivity index (χ2n) is 20.4. The van der Waals surface area contributed by atoms with Gasteiger partial charge in [-0.25, -0.2) is 14.8 Å². The van der Waals surface area contributed by atoms with Crippen LogP contribution >= 0.6 is 0 Å². The number of likely N-dealkylation sites (tertiary alicyclic amines) is 1. The first kappa shape index (κ1) is 62.7. The minimum atomic E-state index is -4.79. The molecular formula is C63H62F6N6O9. The van der Waals surface area contributed by atoms with Gasteiger partial charge in [0.15, 0.2) is 22.8 Å². The van der Waals surface area contributed by atoms with Crippen LogP contribution in [0.2, 0.25) is 0 Å². The number of furan rings is 2. The zero-order chi connectivity index (χ0) is 59.9. The molecule has 0 bridgehead atoms. The number of alkyl halides is 6. The number of nitrogens with two attached hydrogens (primary N) is 2. The zero-order valence-electron chi connectivity index (χ0n) is 45.0. The predicted molar refractivity (Wildman–Crippen MR) is 309 cm³/mol. The zero-order valence-corrected chi connectivity index (χ0v) is 45.0. The van der Waals surface area contributed by atoms with Crippen molar-refractivity contribution in [3.63, 3.8) is 0 Å². The maximum absolute atomic E-state index is 13.1. The van der Waals surface area contributed by atoms with Crippen molar-refractivity contribution < 1.29 is 69.7 Å². The molecule has 2 unspecified atom stereocenters. The number of aryl methyl sites for hydroxylation is 4. The third kappa shape index (κ3) is 15.4. The highest BCUT2D eigenvalue weighted by Crippen LogP contribution is 2.39. The minimum Gasteiger partial charge on any atom is -0.478 e. The third-order valence-electron chi connectivity index (χ3n) is 14.1. The fourth-order valence-corrected chi connectivity index (χ4v) is 9.32. The van der Waals surface area contributed by atoms with Crippen LogP contribution in [0.1, 0.15) is 87.6 Å². The number of rotatable bonds is 14. The molecule has 0 aliphatic carbocycles. The summed E-state index contributed by atoms with van der Waals surface area (Å²) in [6.45, 7) is 2.79. The van der Waals surface area contributed by atoms with Crippen molar-refractivity contribution in [2.24, 2.45) is 0 Å². The Morgan fingerprint density at radius 1 is 0.631 bits per heavy atom. The van der Waals surface area contributed by atoms with Crippen molar-refractivity contribution in [3.05, 3.63) is 179 Å². The number of anilines is 2. The van der Waals surface area contributed by atoms with Crippen molar-refractivity contribution in [1.82, 2.24) is 20.2 Å². The molecule has 2 saturated heterocycles. The summed E-state index contributed by atoms with van der Waals surface area (Å²) in [5.74, 6) is 0.723. The summed E-state index contributed by atoms with van der Waals surface area (Å²) in [6, 6.07) is 32.1. The molecule has 1 amide bonds. The fraction of sp³-hybridized carbons (Fsp3) is 0.270. The van der Waals surface area contributed by atoms with Gasteiger partial charge in [-0.3, -0.25) is 14.4 Å². The van der Waals surface area contributed by atoms with Crippen molar-refractivity contribution in [2.75, 3.05) is 37.6 Å².